The Morgan fingerprint density at radius 2 is 1.93 bits per heavy atom. The molecule has 2 aromatic carbocycles. The van der Waals surface area contributed by atoms with Crippen LogP contribution in [0.1, 0.15) is 11.1 Å². The molecule has 0 aliphatic carbocycles. The lowest BCUT2D eigenvalue weighted by Crippen LogP contribution is -2.00. The smallest absolute Gasteiger partial charge is 0.318 e. The molecule has 0 aromatic heterocycles. The number of oxime groups is 1. The SMILES string of the molecule is C=CCc1cc(/C=N\O)cc(OC)c1Oc1ccc([N+](=O)[O-])cc1[N+](=O)[O-]. The first-order valence-electron chi connectivity index (χ1n) is 7.51. The van der Waals surface area contributed by atoms with E-state index in [9.17, 15) is 20.2 Å². The van der Waals surface area contributed by atoms with Gasteiger partial charge in [0.05, 0.1) is 29.2 Å². The summed E-state index contributed by atoms with van der Waals surface area (Å²) in [5.74, 6) is 0.235. The molecule has 1 N–H and O–H groups in total. The fraction of sp³-hybridized carbons (Fsp3) is 0.118. The lowest BCUT2D eigenvalue weighted by molar-refractivity contribution is -0.394. The van der Waals surface area contributed by atoms with Crippen LogP contribution in [0.15, 0.2) is 48.1 Å². The highest BCUT2D eigenvalue weighted by molar-refractivity contribution is 5.81. The van der Waals surface area contributed by atoms with Crippen LogP contribution in [0.2, 0.25) is 0 Å². The van der Waals surface area contributed by atoms with Crippen molar-refractivity contribution in [2.45, 2.75) is 6.42 Å². The predicted molar refractivity (Wildman–Crippen MR) is 96.1 cm³/mol. The van der Waals surface area contributed by atoms with E-state index in [-0.39, 0.29) is 17.2 Å². The van der Waals surface area contributed by atoms with Crippen LogP contribution in [0.5, 0.6) is 17.2 Å². The summed E-state index contributed by atoms with van der Waals surface area (Å²) in [5, 5.41) is 33.8. The first kappa shape index (κ1) is 19.4. The molecule has 2 rings (SSSR count). The minimum Gasteiger partial charge on any atom is -0.493 e. The molecule has 0 saturated heterocycles. The Balaban J connectivity index is 2.60. The Morgan fingerprint density at radius 1 is 1.19 bits per heavy atom. The zero-order chi connectivity index (χ0) is 20.0. The maximum absolute atomic E-state index is 11.3. The van der Waals surface area contributed by atoms with Gasteiger partial charge in [-0.05, 0) is 24.6 Å². The summed E-state index contributed by atoms with van der Waals surface area (Å²) >= 11 is 0. The molecule has 0 aliphatic heterocycles. The summed E-state index contributed by atoms with van der Waals surface area (Å²) in [5.41, 5.74) is 0.0855. The quantitative estimate of drug-likeness (QED) is 0.244. The van der Waals surface area contributed by atoms with Crippen molar-refractivity contribution in [1.29, 1.82) is 0 Å². The van der Waals surface area contributed by atoms with Gasteiger partial charge in [-0.3, -0.25) is 20.2 Å². The number of non-ortho nitro benzene ring substituents is 1. The minimum absolute atomic E-state index is 0.183. The molecule has 0 bridgehead atoms. The maximum Gasteiger partial charge on any atom is 0.318 e. The van der Waals surface area contributed by atoms with Crippen LogP contribution in [0, 0.1) is 20.2 Å². The summed E-state index contributed by atoms with van der Waals surface area (Å²) in [6.07, 6.45) is 3.11. The number of rotatable bonds is 8. The molecular formula is C17H15N3O7. The molecule has 2 aromatic rings. The molecule has 0 atom stereocenters. The summed E-state index contributed by atoms with van der Waals surface area (Å²) in [7, 11) is 1.38. The number of ether oxygens (including phenoxy) is 2. The van der Waals surface area contributed by atoms with Gasteiger partial charge in [0.1, 0.15) is 0 Å². The van der Waals surface area contributed by atoms with Gasteiger partial charge < -0.3 is 14.7 Å². The van der Waals surface area contributed by atoms with Gasteiger partial charge in [0.15, 0.2) is 11.5 Å². The third-order valence-corrected chi connectivity index (χ3v) is 3.51. The van der Waals surface area contributed by atoms with Crippen LogP contribution >= 0.6 is 0 Å². The molecular weight excluding hydrogens is 358 g/mol. The Bertz CT molecular complexity index is 925. The molecule has 140 valence electrons. The summed E-state index contributed by atoms with van der Waals surface area (Å²) in [6.45, 7) is 3.65. The van der Waals surface area contributed by atoms with Gasteiger partial charge >= 0.3 is 5.69 Å². The van der Waals surface area contributed by atoms with Crippen molar-refractivity contribution in [3.8, 4) is 17.2 Å². The number of hydrogen-bond acceptors (Lipinski definition) is 8. The second kappa shape index (κ2) is 8.43. The number of hydrogen-bond donors (Lipinski definition) is 1. The van der Waals surface area contributed by atoms with Crippen molar-refractivity contribution in [2.75, 3.05) is 7.11 Å². The monoisotopic (exact) mass is 373 g/mol. The van der Waals surface area contributed by atoms with Gasteiger partial charge in [0, 0.05) is 17.2 Å². The fourth-order valence-corrected chi connectivity index (χ4v) is 2.36. The van der Waals surface area contributed by atoms with Crippen LogP contribution in [0.4, 0.5) is 11.4 Å². The molecule has 10 heteroatoms. The standard InChI is InChI=1S/C17H15N3O7/c1-3-4-12-7-11(10-18-21)8-16(26-2)17(12)27-15-6-5-13(19(22)23)9-14(15)20(24)25/h3,5-10,21H,1,4H2,2H3/b18-10-. The fourth-order valence-electron chi connectivity index (χ4n) is 2.36. The van der Waals surface area contributed by atoms with Crippen LogP contribution in [-0.2, 0) is 6.42 Å². The predicted octanol–water partition coefficient (Wildman–Crippen LogP) is 3.84. The normalized spacial score (nSPS) is 10.6. The van der Waals surface area contributed by atoms with Crippen LogP contribution in [0.25, 0.3) is 0 Å². The molecule has 0 aliphatic rings. The number of nitro benzene ring substituents is 2. The van der Waals surface area contributed by atoms with Crippen molar-refractivity contribution < 1.29 is 24.5 Å². The van der Waals surface area contributed by atoms with E-state index in [0.29, 0.717) is 17.5 Å². The maximum atomic E-state index is 11.3. The Kier molecular flexibility index (Phi) is 6.05. The summed E-state index contributed by atoms with van der Waals surface area (Å²) in [4.78, 5) is 20.7. The number of methoxy groups -OCH3 is 1. The molecule has 0 spiro atoms. The second-order valence-corrected chi connectivity index (χ2v) is 5.22. The van der Waals surface area contributed by atoms with Crippen LogP contribution in [-0.4, -0.2) is 28.4 Å². The van der Waals surface area contributed by atoms with Gasteiger partial charge in [0.2, 0.25) is 5.75 Å². The topological polar surface area (TPSA) is 137 Å². The highest BCUT2D eigenvalue weighted by Gasteiger charge is 2.23. The average molecular weight is 373 g/mol. The zero-order valence-electron chi connectivity index (χ0n) is 14.2. The largest absolute Gasteiger partial charge is 0.493 e. The van der Waals surface area contributed by atoms with Crippen LogP contribution in [0.3, 0.4) is 0 Å². The van der Waals surface area contributed by atoms with Gasteiger partial charge in [-0.2, -0.15) is 0 Å². The van der Waals surface area contributed by atoms with Crippen molar-refractivity contribution >= 4 is 17.6 Å². The van der Waals surface area contributed by atoms with Crippen molar-refractivity contribution in [2.24, 2.45) is 5.16 Å². The number of nitro groups is 2. The Morgan fingerprint density at radius 3 is 2.48 bits per heavy atom. The summed E-state index contributed by atoms with van der Waals surface area (Å²) < 4.78 is 11.0. The van der Waals surface area contributed by atoms with E-state index < -0.39 is 21.2 Å². The van der Waals surface area contributed by atoms with E-state index in [2.05, 4.69) is 11.7 Å². The van der Waals surface area contributed by atoms with E-state index in [0.717, 1.165) is 18.2 Å². The lowest BCUT2D eigenvalue weighted by Gasteiger charge is -2.15. The van der Waals surface area contributed by atoms with E-state index in [4.69, 9.17) is 14.7 Å². The molecule has 10 nitrogen and oxygen atoms in total. The molecule has 0 saturated carbocycles. The first-order valence-corrected chi connectivity index (χ1v) is 7.51. The van der Waals surface area contributed by atoms with E-state index in [1.165, 1.54) is 19.4 Å². The third kappa shape index (κ3) is 4.37. The number of nitrogens with zero attached hydrogens (tertiary/aromatic N) is 3. The van der Waals surface area contributed by atoms with E-state index in [1.54, 1.807) is 12.1 Å². The number of allylic oxidation sites excluding steroid dienone is 1. The van der Waals surface area contributed by atoms with Gasteiger partial charge in [-0.15, -0.1) is 6.58 Å². The first-order chi connectivity index (χ1) is 12.9. The zero-order valence-corrected chi connectivity index (χ0v) is 14.2. The molecule has 0 amide bonds. The van der Waals surface area contributed by atoms with Gasteiger partial charge in [-0.1, -0.05) is 11.2 Å². The van der Waals surface area contributed by atoms with E-state index in [1.807, 2.05) is 0 Å². The van der Waals surface area contributed by atoms with Crippen LogP contribution < -0.4 is 9.47 Å². The molecule has 0 heterocycles. The highest BCUT2D eigenvalue weighted by atomic mass is 16.6. The van der Waals surface area contributed by atoms with Gasteiger partial charge in [0.25, 0.3) is 5.69 Å². The Labute approximate surface area is 153 Å². The molecule has 0 fully saturated rings. The summed E-state index contributed by atoms with van der Waals surface area (Å²) in [6, 6.07) is 6.22. The van der Waals surface area contributed by atoms with Crippen molar-refractivity contribution in [3.05, 3.63) is 74.3 Å². The second-order valence-electron chi connectivity index (χ2n) is 5.22. The number of benzene rings is 2. The van der Waals surface area contributed by atoms with Crippen molar-refractivity contribution in [1.82, 2.24) is 0 Å². The molecule has 0 radical (unpaired) electrons. The molecule has 27 heavy (non-hydrogen) atoms. The minimum atomic E-state index is -0.769. The Hall–Kier alpha value is -3.95. The third-order valence-electron chi connectivity index (χ3n) is 3.51. The molecule has 0 unspecified atom stereocenters. The highest BCUT2D eigenvalue weighted by Crippen LogP contribution is 2.40. The van der Waals surface area contributed by atoms with E-state index >= 15 is 0 Å². The lowest BCUT2D eigenvalue weighted by atomic mass is 10.1. The van der Waals surface area contributed by atoms with Gasteiger partial charge in [-0.25, -0.2) is 0 Å². The van der Waals surface area contributed by atoms with Crippen molar-refractivity contribution in [3.63, 3.8) is 0 Å². The average Bonchev–Trinajstić information content (AvgIpc) is 2.63.